The van der Waals surface area contributed by atoms with E-state index >= 15 is 0 Å². The monoisotopic (exact) mass is 568 g/mol. The molecule has 2 heterocycles. The molecule has 1 atom stereocenters. The normalized spacial score (nSPS) is 18.3. The van der Waals surface area contributed by atoms with Gasteiger partial charge in [-0.1, -0.05) is 91.0 Å². The Kier molecular flexibility index (Phi) is 8.92. The zero-order valence-electron chi connectivity index (χ0n) is 24.7. The third kappa shape index (κ3) is 6.82. The molecule has 0 aromatic heterocycles. The van der Waals surface area contributed by atoms with Crippen LogP contribution in [0.3, 0.4) is 0 Å². The Morgan fingerprint density at radius 2 is 1.29 bits per heavy atom. The molecule has 3 amide bonds. The number of amides is 3. The standard InChI is InChI=1S/C34H40N4O4/c1-34(2,3)42-33(41)38-24-23-37(32(40)31(38)28-17-11-6-12-18-28)25-29(39)35-19-21-36(22-20-35)30(26-13-7-4-8-14-26)27-15-9-5-10-16-27/h4-18,30-31H,19-25H2,1-3H3. The van der Waals surface area contributed by atoms with Gasteiger partial charge in [0.05, 0.1) is 12.6 Å². The van der Waals surface area contributed by atoms with E-state index in [4.69, 9.17) is 4.74 Å². The van der Waals surface area contributed by atoms with Crippen molar-refractivity contribution in [2.45, 2.75) is 38.5 Å². The Labute approximate surface area is 248 Å². The van der Waals surface area contributed by atoms with E-state index in [0.29, 0.717) is 18.7 Å². The van der Waals surface area contributed by atoms with E-state index in [0.717, 1.165) is 13.1 Å². The fourth-order valence-electron chi connectivity index (χ4n) is 5.78. The molecule has 3 aromatic rings. The van der Waals surface area contributed by atoms with Crippen molar-refractivity contribution in [3.63, 3.8) is 0 Å². The number of hydrogen-bond acceptors (Lipinski definition) is 5. The molecule has 1 unspecified atom stereocenters. The molecule has 5 rings (SSSR count). The topological polar surface area (TPSA) is 73.4 Å². The predicted octanol–water partition coefficient (Wildman–Crippen LogP) is 4.74. The average molecular weight is 569 g/mol. The van der Waals surface area contributed by atoms with E-state index in [1.165, 1.54) is 16.0 Å². The van der Waals surface area contributed by atoms with E-state index in [9.17, 15) is 14.4 Å². The first kappa shape index (κ1) is 29.3. The van der Waals surface area contributed by atoms with Crippen molar-refractivity contribution in [1.29, 1.82) is 0 Å². The zero-order chi connectivity index (χ0) is 29.7. The van der Waals surface area contributed by atoms with Crippen LogP contribution in [0, 0.1) is 0 Å². The molecule has 42 heavy (non-hydrogen) atoms. The van der Waals surface area contributed by atoms with Crippen LogP contribution in [0.1, 0.15) is 49.5 Å². The summed E-state index contributed by atoms with van der Waals surface area (Å²) in [7, 11) is 0. The van der Waals surface area contributed by atoms with Gasteiger partial charge in [0.15, 0.2) is 0 Å². The Bertz CT molecular complexity index is 1310. The highest BCUT2D eigenvalue weighted by Crippen LogP contribution is 2.31. The molecule has 0 bridgehead atoms. The number of piperazine rings is 2. The maximum Gasteiger partial charge on any atom is 0.411 e. The van der Waals surface area contributed by atoms with Gasteiger partial charge < -0.3 is 14.5 Å². The van der Waals surface area contributed by atoms with E-state index in [1.54, 1.807) is 25.7 Å². The van der Waals surface area contributed by atoms with Gasteiger partial charge in [0.2, 0.25) is 5.91 Å². The largest absolute Gasteiger partial charge is 0.444 e. The number of ether oxygens (including phenoxy) is 1. The van der Waals surface area contributed by atoms with Crippen molar-refractivity contribution in [3.05, 3.63) is 108 Å². The van der Waals surface area contributed by atoms with Crippen LogP contribution in [0.2, 0.25) is 0 Å². The van der Waals surface area contributed by atoms with Crippen LogP contribution in [0.25, 0.3) is 0 Å². The van der Waals surface area contributed by atoms with Crippen molar-refractivity contribution in [2.24, 2.45) is 0 Å². The number of rotatable bonds is 6. The number of carbonyl (C=O) groups excluding carboxylic acids is 3. The lowest BCUT2D eigenvalue weighted by Crippen LogP contribution is -2.58. The molecule has 8 nitrogen and oxygen atoms in total. The number of benzene rings is 3. The Morgan fingerprint density at radius 3 is 1.81 bits per heavy atom. The van der Waals surface area contributed by atoms with Crippen LogP contribution in [-0.2, 0) is 14.3 Å². The van der Waals surface area contributed by atoms with Crippen molar-refractivity contribution < 1.29 is 19.1 Å². The van der Waals surface area contributed by atoms with Gasteiger partial charge in [-0.15, -0.1) is 0 Å². The molecule has 220 valence electrons. The molecule has 2 aliphatic heterocycles. The van der Waals surface area contributed by atoms with E-state index in [1.807, 2.05) is 47.4 Å². The summed E-state index contributed by atoms with van der Waals surface area (Å²) in [4.78, 5) is 47.7. The summed E-state index contributed by atoms with van der Waals surface area (Å²) in [5.74, 6) is -0.338. The molecule has 8 heteroatoms. The summed E-state index contributed by atoms with van der Waals surface area (Å²) in [5, 5.41) is 0. The van der Waals surface area contributed by atoms with Gasteiger partial charge >= 0.3 is 6.09 Å². The van der Waals surface area contributed by atoms with Crippen molar-refractivity contribution >= 4 is 17.9 Å². The van der Waals surface area contributed by atoms with E-state index in [-0.39, 0.29) is 37.5 Å². The number of carbonyl (C=O) groups is 3. The zero-order valence-corrected chi connectivity index (χ0v) is 24.7. The van der Waals surface area contributed by atoms with Crippen LogP contribution in [-0.4, -0.2) is 88.9 Å². The summed E-state index contributed by atoms with van der Waals surface area (Å²) in [6.07, 6.45) is -0.529. The van der Waals surface area contributed by atoms with Crippen LogP contribution >= 0.6 is 0 Å². The smallest absolute Gasteiger partial charge is 0.411 e. The van der Waals surface area contributed by atoms with Crippen molar-refractivity contribution in [2.75, 3.05) is 45.8 Å². The van der Waals surface area contributed by atoms with Crippen LogP contribution in [0.15, 0.2) is 91.0 Å². The Morgan fingerprint density at radius 1 is 0.762 bits per heavy atom. The molecule has 2 saturated heterocycles. The van der Waals surface area contributed by atoms with Crippen LogP contribution in [0.5, 0.6) is 0 Å². The van der Waals surface area contributed by atoms with Gasteiger partial charge in [0, 0.05) is 39.3 Å². The number of nitrogens with zero attached hydrogens (tertiary/aromatic N) is 4. The molecule has 2 aliphatic rings. The SMILES string of the molecule is CC(C)(C)OC(=O)N1CCN(CC(=O)N2CCN(C(c3ccccc3)c3ccccc3)CC2)C(=O)C1c1ccccc1. The average Bonchev–Trinajstić information content (AvgIpc) is 2.99. The Hall–Kier alpha value is -4.17. The predicted molar refractivity (Wildman–Crippen MR) is 162 cm³/mol. The van der Waals surface area contributed by atoms with Gasteiger partial charge in [-0.2, -0.15) is 0 Å². The summed E-state index contributed by atoms with van der Waals surface area (Å²) in [6.45, 7) is 8.61. The highest BCUT2D eigenvalue weighted by atomic mass is 16.6. The Balaban J connectivity index is 1.25. The molecular weight excluding hydrogens is 528 g/mol. The van der Waals surface area contributed by atoms with Gasteiger partial charge in [-0.25, -0.2) is 4.79 Å². The summed E-state index contributed by atoms with van der Waals surface area (Å²) >= 11 is 0. The third-order valence-electron chi connectivity index (χ3n) is 7.80. The molecule has 0 saturated carbocycles. The fraction of sp³-hybridized carbons (Fsp3) is 0.382. The lowest BCUT2D eigenvalue weighted by atomic mass is 9.96. The van der Waals surface area contributed by atoms with Crippen LogP contribution in [0.4, 0.5) is 4.79 Å². The van der Waals surface area contributed by atoms with E-state index < -0.39 is 17.7 Å². The van der Waals surface area contributed by atoms with Gasteiger partial charge in [0.25, 0.3) is 5.91 Å². The quantitative estimate of drug-likeness (QED) is 0.430. The first-order chi connectivity index (χ1) is 20.2. The molecular formula is C34H40N4O4. The molecule has 0 aliphatic carbocycles. The highest BCUT2D eigenvalue weighted by molar-refractivity contribution is 5.91. The lowest BCUT2D eigenvalue weighted by Gasteiger charge is -2.42. The second kappa shape index (κ2) is 12.8. The van der Waals surface area contributed by atoms with Crippen molar-refractivity contribution in [1.82, 2.24) is 19.6 Å². The third-order valence-corrected chi connectivity index (χ3v) is 7.80. The minimum absolute atomic E-state index is 0.00881. The second-order valence-electron chi connectivity index (χ2n) is 11.9. The lowest BCUT2D eigenvalue weighted by molar-refractivity contribution is -0.148. The molecule has 0 N–H and O–H groups in total. The summed E-state index contributed by atoms with van der Waals surface area (Å²) < 4.78 is 5.62. The van der Waals surface area contributed by atoms with E-state index in [2.05, 4.69) is 53.4 Å². The molecule has 0 spiro atoms. The van der Waals surface area contributed by atoms with Crippen LogP contribution < -0.4 is 0 Å². The minimum Gasteiger partial charge on any atom is -0.444 e. The van der Waals surface area contributed by atoms with Gasteiger partial charge in [0.1, 0.15) is 11.6 Å². The number of hydrogen-bond donors (Lipinski definition) is 0. The molecule has 2 fully saturated rings. The maximum absolute atomic E-state index is 13.8. The van der Waals surface area contributed by atoms with Crippen molar-refractivity contribution in [3.8, 4) is 0 Å². The highest BCUT2D eigenvalue weighted by Gasteiger charge is 2.41. The van der Waals surface area contributed by atoms with Gasteiger partial charge in [-0.3, -0.25) is 19.4 Å². The summed E-state index contributed by atoms with van der Waals surface area (Å²) in [5.41, 5.74) is 2.47. The minimum atomic E-state index is -0.836. The maximum atomic E-state index is 13.8. The first-order valence-electron chi connectivity index (χ1n) is 14.7. The molecule has 0 radical (unpaired) electrons. The fourth-order valence-corrected chi connectivity index (χ4v) is 5.78. The first-order valence-corrected chi connectivity index (χ1v) is 14.7. The summed E-state index contributed by atoms with van der Waals surface area (Å²) in [6, 6.07) is 29.4. The second-order valence-corrected chi connectivity index (χ2v) is 11.9. The van der Waals surface area contributed by atoms with Gasteiger partial charge in [-0.05, 0) is 37.5 Å². The molecule has 3 aromatic carbocycles.